The molecular formula is C11H28N4O2. The lowest BCUT2D eigenvalue weighted by atomic mass is 10.3. The monoisotopic (exact) mass is 248 g/mol. The highest BCUT2D eigenvalue weighted by Crippen LogP contribution is 1.90. The second-order valence-corrected chi connectivity index (χ2v) is 4.16. The van der Waals surface area contributed by atoms with E-state index in [9.17, 15) is 5.11 Å². The molecule has 6 heteroatoms. The van der Waals surface area contributed by atoms with Crippen LogP contribution in [0.1, 0.15) is 6.92 Å². The van der Waals surface area contributed by atoms with Gasteiger partial charge in [-0.25, -0.2) is 0 Å². The van der Waals surface area contributed by atoms with E-state index >= 15 is 0 Å². The first-order valence-corrected chi connectivity index (χ1v) is 6.33. The van der Waals surface area contributed by atoms with Gasteiger partial charge >= 0.3 is 0 Å². The van der Waals surface area contributed by atoms with Crippen molar-refractivity contribution in [1.82, 2.24) is 15.5 Å². The van der Waals surface area contributed by atoms with Gasteiger partial charge in [-0.2, -0.15) is 0 Å². The molecule has 0 bridgehead atoms. The lowest BCUT2D eigenvalue weighted by molar-refractivity contribution is 0.112. The van der Waals surface area contributed by atoms with Crippen molar-refractivity contribution in [2.24, 2.45) is 5.73 Å². The molecule has 0 aromatic rings. The second kappa shape index (κ2) is 12.2. The van der Waals surface area contributed by atoms with E-state index in [1.54, 1.807) is 6.92 Å². The van der Waals surface area contributed by atoms with E-state index in [0.29, 0.717) is 19.6 Å². The summed E-state index contributed by atoms with van der Waals surface area (Å²) in [4.78, 5) is 2.05. The molecule has 0 spiro atoms. The second-order valence-electron chi connectivity index (χ2n) is 4.16. The number of nitrogens with two attached hydrogens (primary N) is 1. The summed E-state index contributed by atoms with van der Waals surface area (Å²) in [5.74, 6) is 0. The lowest BCUT2D eigenvalue weighted by Gasteiger charge is -2.22. The quantitative estimate of drug-likeness (QED) is 0.252. The van der Waals surface area contributed by atoms with Crippen LogP contribution in [0.25, 0.3) is 0 Å². The summed E-state index contributed by atoms with van der Waals surface area (Å²) in [5, 5.41) is 24.7. The largest absolute Gasteiger partial charge is 0.395 e. The van der Waals surface area contributed by atoms with Crippen LogP contribution in [0.4, 0.5) is 0 Å². The van der Waals surface area contributed by atoms with Gasteiger partial charge in [0.1, 0.15) is 0 Å². The average Bonchev–Trinajstić information content (AvgIpc) is 2.27. The van der Waals surface area contributed by atoms with Crippen LogP contribution in [0, 0.1) is 0 Å². The van der Waals surface area contributed by atoms with Gasteiger partial charge < -0.3 is 26.6 Å². The Labute approximate surface area is 104 Å². The van der Waals surface area contributed by atoms with E-state index < -0.39 is 0 Å². The highest BCUT2D eigenvalue weighted by atomic mass is 16.3. The van der Waals surface area contributed by atoms with Gasteiger partial charge in [0.15, 0.2) is 0 Å². The zero-order valence-electron chi connectivity index (χ0n) is 10.9. The van der Waals surface area contributed by atoms with Crippen LogP contribution >= 0.6 is 0 Å². The van der Waals surface area contributed by atoms with Crippen molar-refractivity contribution in [2.75, 3.05) is 59.0 Å². The van der Waals surface area contributed by atoms with Crippen molar-refractivity contribution in [1.29, 1.82) is 0 Å². The maximum atomic E-state index is 9.28. The number of nitrogens with one attached hydrogen (secondary N) is 2. The van der Waals surface area contributed by atoms with Crippen LogP contribution in [0.5, 0.6) is 0 Å². The molecule has 1 atom stereocenters. The third kappa shape index (κ3) is 12.0. The molecule has 0 aliphatic rings. The van der Waals surface area contributed by atoms with Gasteiger partial charge in [0.25, 0.3) is 0 Å². The van der Waals surface area contributed by atoms with Crippen molar-refractivity contribution < 1.29 is 10.2 Å². The first kappa shape index (κ1) is 16.8. The molecule has 0 radical (unpaired) electrons. The van der Waals surface area contributed by atoms with E-state index in [1.165, 1.54) is 0 Å². The molecule has 6 nitrogen and oxygen atoms in total. The third-order valence-electron chi connectivity index (χ3n) is 2.34. The number of aliphatic hydroxyl groups excluding tert-OH is 2. The summed E-state index contributed by atoms with van der Waals surface area (Å²) in [6.45, 7) is 8.12. The molecule has 0 aromatic carbocycles. The molecule has 0 saturated carbocycles. The Hall–Kier alpha value is -0.240. The Kier molecular flexibility index (Phi) is 12.1. The predicted octanol–water partition coefficient (Wildman–Crippen LogP) is -2.20. The van der Waals surface area contributed by atoms with Crippen LogP contribution in [-0.4, -0.2) is 80.2 Å². The van der Waals surface area contributed by atoms with Crippen LogP contribution in [0.15, 0.2) is 0 Å². The topological polar surface area (TPSA) is 93.8 Å². The normalized spacial score (nSPS) is 13.2. The average molecular weight is 248 g/mol. The summed E-state index contributed by atoms with van der Waals surface area (Å²) in [5.41, 5.74) is 5.35. The van der Waals surface area contributed by atoms with Crippen molar-refractivity contribution >= 4 is 0 Å². The minimum absolute atomic E-state index is 0.130. The molecule has 1 unspecified atom stereocenters. The molecule has 0 heterocycles. The first-order valence-electron chi connectivity index (χ1n) is 6.33. The van der Waals surface area contributed by atoms with E-state index in [1.807, 2.05) is 4.90 Å². The van der Waals surface area contributed by atoms with Crippen LogP contribution in [0.3, 0.4) is 0 Å². The van der Waals surface area contributed by atoms with Gasteiger partial charge in [-0.15, -0.1) is 0 Å². The zero-order valence-corrected chi connectivity index (χ0v) is 10.9. The van der Waals surface area contributed by atoms with Crippen molar-refractivity contribution in [3.63, 3.8) is 0 Å². The van der Waals surface area contributed by atoms with Crippen LogP contribution in [0.2, 0.25) is 0 Å². The Morgan fingerprint density at radius 3 is 2.29 bits per heavy atom. The summed E-state index contributed by atoms with van der Waals surface area (Å²) in [6, 6.07) is 0. The van der Waals surface area contributed by atoms with Crippen LogP contribution in [-0.2, 0) is 0 Å². The molecule has 6 N–H and O–H groups in total. The number of aliphatic hydroxyl groups is 2. The van der Waals surface area contributed by atoms with E-state index in [0.717, 1.165) is 32.7 Å². The summed E-state index contributed by atoms with van der Waals surface area (Å²) >= 11 is 0. The number of hydrogen-bond acceptors (Lipinski definition) is 6. The fraction of sp³-hybridized carbons (Fsp3) is 1.00. The van der Waals surface area contributed by atoms with Crippen molar-refractivity contribution in [2.45, 2.75) is 13.0 Å². The van der Waals surface area contributed by atoms with E-state index in [4.69, 9.17) is 10.8 Å². The Balaban J connectivity index is 3.40. The van der Waals surface area contributed by atoms with Gasteiger partial charge in [-0.3, -0.25) is 4.90 Å². The molecular weight excluding hydrogens is 220 g/mol. The van der Waals surface area contributed by atoms with Gasteiger partial charge in [0.2, 0.25) is 0 Å². The summed E-state index contributed by atoms with van der Waals surface area (Å²) < 4.78 is 0. The fourth-order valence-corrected chi connectivity index (χ4v) is 1.58. The number of hydrogen-bond donors (Lipinski definition) is 5. The number of rotatable bonds is 12. The maximum Gasteiger partial charge on any atom is 0.0639 e. The van der Waals surface area contributed by atoms with Crippen LogP contribution < -0.4 is 16.4 Å². The number of nitrogens with zero attached hydrogens (tertiary/aromatic N) is 1. The fourth-order valence-electron chi connectivity index (χ4n) is 1.58. The molecule has 0 saturated heterocycles. The molecule has 17 heavy (non-hydrogen) atoms. The van der Waals surface area contributed by atoms with Gasteiger partial charge in [-0.05, 0) is 6.92 Å². The van der Waals surface area contributed by atoms with Gasteiger partial charge in [0.05, 0.1) is 12.7 Å². The highest BCUT2D eigenvalue weighted by Gasteiger charge is 2.06. The Morgan fingerprint density at radius 2 is 1.76 bits per heavy atom. The Bertz CT molecular complexity index is 158. The summed E-state index contributed by atoms with van der Waals surface area (Å²) in [6.07, 6.45) is -0.354. The van der Waals surface area contributed by atoms with E-state index in [2.05, 4.69) is 10.6 Å². The molecule has 0 aromatic heterocycles. The minimum Gasteiger partial charge on any atom is -0.395 e. The third-order valence-corrected chi connectivity index (χ3v) is 2.34. The minimum atomic E-state index is -0.354. The molecule has 0 amide bonds. The van der Waals surface area contributed by atoms with Gasteiger partial charge in [-0.1, -0.05) is 0 Å². The first-order chi connectivity index (χ1) is 8.20. The van der Waals surface area contributed by atoms with Gasteiger partial charge in [0, 0.05) is 52.4 Å². The van der Waals surface area contributed by atoms with E-state index in [-0.39, 0.29) is 12.7 Å². The van der Waals surface area contributed by atoms with Crippen molar-refractivity contribution in [3.05, 3.63) is 0 Å². The molecule has 0 fully saturated rings. The summed E-state index contributed by atoms with van der Waals surface area (Å²) in [7, 11) is 0. The molecule has 0 aliphatic heterocycles. The van der Waals surface area contributed by atoms with Crippen molar-refractivity contribution in [3.8, 4) is 0 Å². The molecule has 0 rings (SSSR count). The maximum absolute atomic E-state index is 9.28. The zero-order chi connectivity index (χ0) is 12.9. The molecule has 104 valence electrons. The lowest BCUT2D eigenvalue weighted by Crippen LogP contribution is -2.39. The standard InChI is InChI=1S/C11H28N4O2/c1-11(17)10-15(8-9-16)7-6-14-5-4-13-3-2-12/h11,13-14,16-17H,2-10,12H2,1H3. The smallest absolute Gasteiger partial charge is 0.0639 e. The predicted molar refractivity (Wildman–Crippen MR) is 70.0 cm³/mol. The molecule has 0 aliphatic carbocycles. The Morgan fingerprint density at radius 1 is 1.12 bits per heavy atom. The highest BCUT2D eigenvalue weighted by molar-refractivity contribution is 4.63. The SMILES string of the molecule is CC(O)CN(CCO)CCNCCNCCN.